The van der Waals surface area contributed by atoms with E-state index in [4.69, 9.17) is 39.5 Å². The van der Waals surface area contributed by atoms with Crippen LogP contribution in [-0.4, -0.2) is 10.5 Å². The largest absolute Gasteiger partial charge is 0.365 e. The number of carbonyl (C=O) groups excluding carboxylic acids is 1. The summed E-state index contributed by atoms with van der Waals surface area (Å²) in [5.41, 5.74) is 1.98. The Hall–Kier alpha value is -2.90. The van der Waals surface area contributed by atoms with E-state index in [1.807, 2.05) is 58.2 Å². The number of ether oxygens (including phenoxy) is 1. The highest BCUT2D eigenvalue weighted by molar-refractivity contribution is 6.35. The molecule has 4 rings (SSSR count). The first-order valence-corrected chi connectivity index (χ1v) is 12.4. The summed E-state index contributed by atoms with van der Waals surface area (Å²) in [5, 5.41) is 4.33. The van der Waals surface area contributed by atoms with Gasteiger partial charge in [-0.3, -0.25) is 4.79 Å². The standard InChI is InChI=1S/C27H23Cl3FN3O2/c28-20-7-5-19(6-8-20)17-36-26(22-10-9-21(29)15-23(22)30)16-34-14-13-33(18-34)12-11-27(35)32-25-4-2-1-3-24(25)31/h1-10,13-15,18,26H,11-12,16-17H2/p+1. The molecule has 3 aromatic carbocycles. The first kappa shape index (κ1) is 26.2. The fraction of sp³-hybridized carbons (Fsp3) is 0.185. The number of para-hydroxylation sites is 1. The highest BCUT2D eigenvalue weighted by atomic mass is 35.5. The van der Waals surface area contributed by atoms with E-state index in [-0.39, 0.29) is 24.1 Å². The molecule has 4 aromatic rings. The first-order chi connectivity index (χ1) is 17.4. The maximum atomic E-state index is 13.8. The van der Waals surface area contributed by atoms with Gasteiger partial charge >= 0.3 is 0 Å². The average Bonchev–Trinajstić information content (AvgIpc) is 3.30. The van der Waals surface area contributed by atoms with Gasteiger partial charge in [-0.15, -0.1) is 0 Å². The number of nitrogens with zero attached hydrogens (tertiary/aromatic N) is 2. The van der Waals surface area contributed by atoms with E-state index in [2.05, 4.69) is 5.32 Å². The lowest BCUT2D eigenvalue weighted by atomic mass is 10.1. The molecule has 36 heavy (non-hydrogen) atoms. The normalized spacial score (nSPS) is 11.9. The maximum absolute atomic E-state index is 13.8. The van der Waals surface area contributed by atoms with E-state index in [0.29, 0.717) is 34.8 Å². The molecule has 0 radical (unpaired) electrons. The highest BCUT2D eigenvalue weighted by Crippen LogP contribution is 2.29. The van der Waals surface area contributed by atoms with Crippen LogP contribution in [0, 0.1) is 5.82 Å². The Bertz CT molecular complexity index is 1330. The van der Waals surface area contributed by atoms with Gasteiger partial charge < -0.3 is 10.1 Å². The fourth-order valence-electron chi connectivity index (χ4n) is 3.66. The van der Waals surface area contributed by atoms with Crippen molar-refractivity contribution in [3.05, 3.63) is 117 Å². The van der Waals surface area contributed by atoms with Crippen molar-refractivity contribution < 1.29 is 18.5 Å². The Kier molecular flexibility index (Phi) is 8.99. The number of carbonyl (C=O) groups is 1. The van der Waals surface area contributed by atoms with Crippen molar-refractivity contribution in [2.45, 2.75) is 32.2 Å². The second-order valence-electron chi connectivity index (χ2n) is 8.22. The van der Waals surface area contributed by atoms with Gasteiger partial charge in [0.15, 0.2) is 0 Å². The fourth-order valence-corrected chi connectivity index (χ4v) is 4.31. The molecular formula is C27H24Cl3FN3O2+. The van der Waals surface area contributed by atoms with Crippen LogP contribution in [0.5, 0.6) is 0 Å². The van der Waals surface area contributed by atoms with Crippen LogP contribution in [0.4, 0.5) is 10.1 Å². The van der Waals surface area contributed by atoms with Gasteiger partial charge in [0.1, 0.15) is 30.9 Å². The highest BCUT2D eigenvalue weighted by Gasteiger charge is 2.20. The summed E-state index contributed by atoms with van der Waals surface area (Å²) in [7, 11) is 0. The zero-order valence-electron chi connectivity index (χ0n) is 19.2. The van der Waals surface area contributed by atoms with Gasteiger partial charge in [-0.1, -0.05) is 65.1 Å². The molecule has 0 aliphatic heterocycles. The van der Waals surface area contributed by atoms with E-state index >= 15 is 0 Å². The van der Waals surface area contributed by atoms with Crippen LogP contribution in [0.25, 0.3) is 0 Å². The van der Waals surface area contributed by atoms with Gasteiger partial charge in [0, 0.05) is 20.6 Å². The number of nitrogens with one attached hydrogen (secondary N) is 1. The topological polar surface area (TPSA) is 47.1 Å². The summed E-state index contributed by atoms with van der Waals surface area (Å²) in [6.45, 7) is 1.30. The van der Waals surface area contributed by atoms with E-state index in [1.54, 1.807) is 24.3 Å². The van der Waals surface area contributed by atoms with Crippen LogP contribution in [-0.2, 0) is 29.2 Å². The van der Waals surface area contributed by atoms with Crippen LogP contribution in [0.15, 0.2) is 85.5 Å². The number of rotatable bonds is 10. The first-order valence-electron chi connectivity index (χ1n) is 11.3. The quantitative estimate of drug-likeness (QED) is 0.220. The van der Waals surface area contributed by atoms with Crippen LogP contribution in [0.2, 0.25) is 15.1 Å². The zero-order chi connectivity index (χ0) is 25.5. The number of hydrogen-bond donors (Lipinski definition) is 1. The minimum atomic E-state index is -0.463. The Morgan fingerprint density at radius 1 is 1.03 bits per heavy atom. The zero-order valence-corrected chi connectivity index (χ0v) is 21.5. The second kappa shape index (κ2) is 12.4. The molecule has 1 unspecified atom stereocenters. The van der Waals surface area contributed by atoms with E-state index in [0.717, 1.165) is 11.1 Å². The summed E-state index contributed by atoms with van der Waals surface area (Å²) >= 11 is 18.6. The average molecular weight is 548 g/mol. The molecule has 1 amide bonds. The molecule has 0 spiro atoms. The number of amides is 1. The van der Waals surface area contributed by atoms with Crippen molar-refractivity contribution in [3.8, 4) is 0 Å². The molecule has 0 aliphatic rings. The van der Waals surface area contributed by atoms with Gasteiger partial charge in [-0.05, 0) is 42.0 Å². The molecule has 1 N–H and O–H groups in total. The van der Waals surface area contributed by atoms with Crippen LogP contribution in [0.3, 0.4) is 0 Å². The number of imidazole rings is 1. The predicted molar refractivity (Wildman–Crippen MR) is 140 cm³/mol. The van der Waals surface area contributed by atoms with Gasteiger partial charge in [-0.25, -0.2) is 13.5 Å². The van der Waals surface area contributed by atoms with Gasteiger partial charge in [-0.2, -0.15) is 0 Å². The Morgan fingerprint density at radius 2 is 1.78 bits per heavy atom. The molecule has 1 aromatic heterocycles. The summed E-state index contributed by atoms with van der Waals surface area (Å²) in [6.07, 6.45) is 5.50. The van der Waals surface area contributed by atoms with E-state index in [9.17, 15) is 9.18 Å². The minimum Gasteiger partial charge on any atom is -0.365 e. The molecule has 9 heteroatoms. The number of aryl methyl sites for hydroxylation is 1. The Morgan fingerprint density at radius 3 is 2.53 bits per heavy atom. The summed E-state index contributed by atoms with van der Waals surface area (Å²) < 4.78 is 23.9. The Balaban J connectivity index is 1.41. The molecule has 5 nitrogen and oxygen atoms in total. The summed E-state index contributed by atoms with van der Waals surface area (Å²) in [6, 6.07) is 18.9. The smallest absolute Gasteiger partial charge is 0.243 e. The van der Waals surface area contributed by atoms with Gasteiger partial charge in [0.05, 0.1) is 25.3 Å². The third-order valence-corrected chi connectivity index (χ3v) is 6.36. The number of aromatic nitrogens is 2. The lowest BCUT2D eigenvalue weighted by molar-refractivity contribution is -0.704. The number of anilines is 1. The molecule has 0 saturated heterocycles. The third-order valence-electron chi connectivity index (χ3n) is 5.54. The van der Waals surface area contributed by atoms with Crippen molar-refractivity contribution in [3.63, 3.8) is 0 Å². The monoisotopic (exact) mass is 546 g/mol. The van der Waals surface area contributed by atoms with Crippen LogP contribution < -0.4 is 9.88 Å². The van der Waals surface area contributed by atoms with Gasteiger partial charge in [0.25, 0.3) is 0 Å². The maximum Gasteiger partial charge on any atom is 0.243 e. The Labute approximate surface area is 224 Å². The lowest BCUT2D eigenvalue weighted by Gasteiger charge is -2.18. The number of hydrogen-bond acceptors (Lipinski definition) is 2. The number of halogens is 4. The van der Waals surface area contributed by atoms with Crippen molar-refractivity contribution in [2.75, 3.05) is 5.32 Å². The van der Waals surface area contributed by atoms with Crippen molar-refractivity contribution in [1.29, 1.82) is 0 Å². The van der Waals surface area contributed by atoms with E-state index in [1.165, 1.54) is 12.1 Å². The molecule has 0 saturated carbocycles. The van der Waals surface area contributed by atoms with Crippen molar-refractivity contribution in [1.82, 2.24) is 4.57 Å². The predicted octanol–water partition coefficient (Wildman–Crippen LogP) is 6.86. The molecule has 0 bridgehead atoms. The van der Waals surface area contributed by atoms with Gasteiger partial charge in [0.2, 0.25) is 12.2 Å². The minimum absolute atomic E-state index is 0.172. The van der Waals surface area contributed by atoms with Crippen LogP contribution >= 0.6 is 34.8 Å². The summed E-state index contributed by atoms with van der Waals surface area (Å²) in [4.78, 5) is 12.3. The molecule has 0 aliphatic carbocycles. The molecule has 186 valence electrons. The molecular weight excluding hydrogens is 524 g/mol. The lowest BCUT2D eigenvalue weighted by Crippen LogP contribution is -2.35. The SMILES string of the molecule is O=C(CCn1cc[n+](CC(OCc2ccc(Cl)cc2)c2ccc(Cl)cc2Cl)c1)Nc1ccccc1F. The third kappa shape index (κ3) is 7.31. The summed E-state index contributed by atoms with van der Waals surface area (Å²) in [5.74, 6) is -0.729. The molecule has 0 fully saturated rings. The second-order valence-corrected chi connectivity index (χ2v) is 9.50. The van der Waals surface area contributed by atoms with Crippen molar-refractivity contribution >= 4 is 46.4 Å². The number of benzene rings is 3. The molecule has 1 heterocycles. The van der Waals surface area contributed by atoms with Crippen LogP contribution in [0.1, 0.15) is 23.7 Å². The van der Waals surface area contributed by atoms with E-state index < -0.39 is 5.82 Å². The van der Waals surface area contributed by atoms with Crippen molar-refractivity contribution in [2.24, 2.45) is 0 Å². The molecule has 1 atom stereocenters.